The van der Waals surface area contributed by atoms with Gasteiger partial charge in [0.15, 0.2) is 0 Å². The summed E-state index contributed by atoms with van der Waals surface area (Å²) < 4.78 is 0. The molecule has 0 spiro atoms. The van der Waals surface area contributed by atoms with E-state index in [0.29, 0.717) is 5.92 Å². The molecule has 0 saturated carbocycles. The van der Waals surface area contributed by atoms with Crippen molar-refractivity contribution in [2.45, 2.75) is 39.0 Å². The first-order valence-corrected chi connectivity index (χ1v) is 11.4. The van der Waals surface area contributed by atoms with Gasteiger partial charge in [-0.3, -0.25) is 0 Å². The summed E-state index contributed by atoms with van der Waals surface area (Å²) in [6.45, 7) is 4.29. The molecule has 3 heterocycles. The number of aromatic amines is 2. The van der Waals surface area contributed by atoms with E-state index >= 15 is 0 Å². The van der Waals surface area contributed by atoms with Gasteiger partial charge in [-0.25, -0.2) is 4.99 Å². The molecular weight excluding hydrogens is 390 g/mol. The van der Waals surface area contributed by atoms with E-state index in [1.54, 1.807) is 0 Å². The first kappa shape index (κ1) is 19.1. The van der Waals surface area contributed by atoms with Crippen LogP contribution in [0.5, 0.6) is 0 Å². The molecule has 3 aliphatic carbocycles. The molecule has 0 amide bonds. The van der Waals surface area contributed by atoms with E-state index in [2.05, 4.69) is 96.7 Å². The molecule has 1 atom stereocenters. The second-order valence-electron chi connectivity index (χ2n) is 9.24. The lowest BCUT2D eigenvalue weighted by molar-refractivity contribution is 0.837. The van der Waals surface area contributed by atoms with E-state index in [1.807, 2.05) is 0 Å². The van der Waals surface area contributed by atoms with E-state index in [4.69, 9.17) is 4.99 Å². The topological polar surface area (TPSA) is 43.9 Å². The molecule has 2 aromatic rings. The Balaban J connectivity index is 1.13. The summed E-state index contributed by atoms with van der Waals surface area (Å²) in [4.78, 5) is 12.1. The molecule has 0 fully saturated rings. The van der Waals surface area contributed by atoms with Crippen molar-refractivity contribution < 1.29 is 0 Å². The Morgan fingerprint density at radius 3 is 2.31 bits per heavy atom. The zero-order chi connectivity index (χ0) is 21.7. The lowest BCUT2D eigenvalue weighted by Gasteiger charge is -2.06. The van der Waals surface area contributed by atoms with Gasteiger partial charge in [-0.1, -0.05) is 42.0 Å². The van der Waals surface area contributed by atoms with Crippen LogP contribution in [0.4, 0.5) is 0 Å². The maximum absolute atomic E-state index is 4.99. The first-order valence-electron chi connectivity index (χ1n) is 11.4. The number of hydrogen-bond donors (Lipinski definition) is 2. The largest absolute Gasteiger partial charge is 0.362 e. The second-order valence-corrected chi connectivity index (χ2v) is 9.24. The summed E-state index contributed by atoms with van der Waals surface area (Å²) in [5.74, 6) is 0.425. The van der Waals surface area contributed by atoms with E-state index in [9.17, 15) is 0 Å². The molecule has 0 radical (unpaired) electrons. The molecule has 158 valence electrons. The molecule has 0 bridgehead atoms. The fourth-order valence-electron chi connectivity index (χ4n) is 4.97. The molecular formula is C29H27N3. The van der Waals surface area contributed by atoms with Crippen LogP contribution in [-0.4, -0.2) is 15.7 Å². The van der Waals surface area contributed by atoms with Crippen molar-refractivity contribution in [1.82, 2.24) is 9.97 Å². The number of rotatable bonds is 4. The summed E-state index contributed by atoms with van der Waals surface area (Å²) in [5.41, 5.74) is 13.9. The van der Waals surface area contributed by atoms with E-state index < -0.39 is 0 Å². The number of nitrogens with zero attached hydrogens (tertiary/aromatic N) is 1. The van der Waals surface area contributed by atoms with Crippen molar-refractivity contribution in [2.24, 2.45) is 4.99 Å². The van der Waals surface area contributed by atoms with Crippen LogP contribution in [0.25, 0.3) is 11.1 Å². The third-order valence-electron chi connectivity index (χ3n) is 6.80. The molecule has 3 heteroatoms. The minimum Gasteiger partial charge on any atom is -0.362 e. The summed E-state index contributed by atoms with van der Waals surface area (Å²) in [6, 6.07) is 8.75. The molecule has 6 rings (SSSR count). The Morgan fingerprint density at radius 1 is 0.781 bits per heavy atom. The lowest BCUT2D eigenvalue weighted by atomic mass is 10.0. The summed E-state index contributed by atoms with van der Waals surface area (Å²) in [7, 11) is 0. The molecule has 3 nitrogen and oxygen atoms in total. The van der Waals surface area contributed by atoms with Crippen LogP contribution in [-0.2, 0) is 0 Å². The molecule has 1 unspecified atom stereocenters. The highest BCUT2D eigenvalue weighted by Gasteiger charge is 2.22. The minimum absolute atomic E-state index is 0.425. The molecule has 4 aliphatic rings. The average molecular weight is 418 g/mol. The Labute approximate surface area is 189 Å². The average Bonchev–Trinajstić information content (AvgIpc) is 3.61. The van der Waals surface area contributed by atoms with Gasteiger partial charge in [-0.15, -0.1) is 0 Å². The number of aromatic nitrogens is 2. The number of allylic oxidation sites excluding steroid dienone is 13. The number of hydrogen-bond acceptors (Lipinski definition) is 1. The Morgan fingerprint density at radius 2 is 1.56 bits per heavy atom. The Kier molecular flexibility index (Phi) is 4.50. The monoisotopic (exact) mass is 417 g/mol. The lowest BCUT2D eigenvalue weighted by Crippen LogP contribution is -1.96. The fraction of sp³-hybridized carbons (Fsp3) is 0.207. The first-order chi connectivity index (χ1) is 15.6. The van der Waals surface area contributed by atoms with Gasteiger partial charge in [0, 0.05) is 35.1 Å². The van der Waals surface area contributed by atoms with Crippen molar-refractivity contribution in [2.75, 3.05) is 0 Å². The van der Waals surface area contributed by atoms with Crippen molar-refractivity contribution in [1.29, 1.82) is 0 Å². The molecule has 0 aromatic carbocycles. The van der Waals surface area contributed by atoms with E-state index in [0.717, 1.165) is 30.7 Å². The van der Waals surface area contributed by atoms with Crippen molar-refractivity contribution in [3.63, 3.8) is 0 Å². The van der Waals surface area contributed by atoms with Gasteiger partial charge < -0.3 is 9.97 Å². The van der Waals surface area contributed by atoms with E-state index in [1.165, 1.54) is 50.6 Å². The predicted octanol–water partition coefficient (Wildman–Crippen LogP) is 7.11. The third kappa shape index (κ3) is 3.44. The molecule has 0 saturated heterocycles. The third-order valence-corrected chi connectivity index (χ3v) is 6.80. The van der Waals surface area contributed by atoms with Gasteiger partial charge in [-0.05, 0) is 85.4 Å². The SMILES string of the molecule is CC1=CC=C(c2ccc(C3=CC=C(C4=NC(=C5C=CC(c6ccc(C)[nH]6)C5)C=C4)C3)[nH]2)C1. The summed E-state index contributed by atoms with van der Waals surface area (Å²) >= 11 is 0. The summed E-state index contributed by atoms with van der Waals surface area (Å²) in [6.07, 6.45) is 20.7. The van der Waals surface area contributed by atoms with Gasteiger partial charge in [0.1, 0.15) is 0 Å². The normalized spacial score (nSPS) is 24.2. The van der Waals surface area contributed by atoms with Crippen LogP contribution < -0.4 is 0 Å². The van der Waals surface area contributed by atoms with E-state index in [-0.39, 0.29) is 0 Å². The molecule has 32 heavy (non-hydrogen) atoms. The van der Waals surface area contributed by atoms with Crippen molar-refractivity contribution in [3.05, 3.63) is 118 Å². The smallest absolute Gasteiger partial charge is 0.0673 e. The van der Waals surface area contributed by atoms with Crippen LogP contribution in [0.2, 0.25) is 0 Å². The van der Waals surface area contributed by atoms with Crippen LogP contribution in [0.15, 0.2) is 100 Å². The van der Waals surface area contributed by atoms with Crippen LogP contribution >= 0.6 is 0 Å². The highest BCUT2D eigenvalue weighted by Crippen LogP contribution is 2.37. The highest BCUT2D eigenvalue weighted by molar-refractivity contribution is 6.13. The zero-order valence-corrected chi connectivity index (χ0v) is 18.6. The number of aliphatic imine (C=N–C) groups is 1. The minimum atomic E-state index is 0.425. The maximum Gasteiger partial charge on any atom is 0.0673 e. The van der Waals surface area contributed by atoms with Crippen LogP contribution in [0.1, 0.15) is 54.9 Å². The summed E-state index contributed by atoms with van der Waals surface area (Å²) in [5, 5.41) is 0. The maximum atomic E-state index is 4.99. The van der Waals surface area contributed by atoms with Crippen molar-refractivity contribution in [3.8, 4) is 0 Å². The molecule has 1 aliphatic heterocycles. The van der Waals surface area contributed by atoms with Gasteiger partial charge >= 0.3 is 0 Å². The van der Waals surface area contributed by atoms with Gasteiger partial charge in [0.25, 0.3) is 0 Å². The van der Waals surface area contributed by atoms with Crippen molar-refractivity contribution >= 4 is 16.9 Å². The zero-order valence-electron chi connectivity index (χ0n) is 18.6. The number of aryl methyl sites for hydroxylation is 1. The standard InChI is InChI=1S/C29H27N3/c1-18-3-5-20(15-18)26-11-12-27(31-26)23-8-9-24(17-23)29-14-13-28(32-29)22-7-6-21(16-22)25-10-4-19(2)30-25/h3-14,21,30-31H,15-17H2,1-2H3. The highest BCUT2D eigenvalue weighted by atomic mass is 14.8. The van der Waals surface area contributed by atoms with Crippen LogP contribution in [0.3, 0.4) is 0 Å². The Bertz CT molecular complexity index is 1350. The number of nitrogens with one attached hydrogen (secondary N) is 2. The quantitative estimate of drug-likeness (QED) is 0.533. The second kappa shape index (κ2) is 7.52. The van der Waals surface area contributed by atoms with Gasteiger partial charge in [0.2, 0.25) is 0 Å². The van der Waals surface area contributed by atoms with Gasteiger partial charge in [-0.2, -0.15) is 0 Å². The molecule has 2 N–H and O–H groups in total. The van der Waals surface area contributed by atoms with Crippen LogP contribution in [0, 0.1) is 6.92 Å². The Hall–Kier alpha value is -3.59. The molecule has 2 aromatic heterocycles. The fourth-order valence-corrected chi connectivity index (χ4v) is 4.97. The number of H-pyrrole nitrogens is 2. The van der Waals surface area contributed by atoms with Gasteiger partial charge in [0.05, 0.1) is 11.4 Å². The predicted molar refractivity (Wildman–Crippen MR) is 133 cm³/mol.